The van der Waals surface area contributed by atoms with Gasteiger partial charge in [-0.1, -0.05) is 51.1 Å². The summed E-state index contributed by atoms with van der Waals surface area (Å²) in [5.41, 5.74) is 0.680. The lowest BCUT2D eigenvalue weighted by molar-refractivity contribution is -0.130. The maximum absolute atomic E-state index is 12.2. The van der Waals surface area contributed by atoms with Gasteiger partial charge in [-0.15, -0.1) is 0 Å². The van der Waals surface area contributed by atoms with Gasteiger partial charge in [0.1, 0.15) is 0 Å². The van der Waals surface area contributed by atoms with Gasteiger partial charge >= 0.3 is 0 Å². The van der Waals surface area contributed by atoms with Gasteiger partial charge in [0.25, 0.3) is 0 Å². The minimum Gasteiger partial charge on any atom is -0.394 e. The first-order valence-corrected chi connectivity index (χ1v) is 6.45. The van der Waals surface area contributed by atoms with Crippen molar-refractivity contribution in [3.05, 3.63) is 35.9 Å². The molecule has 0 radical (unpaired) electrons. The van der Waals surface area contributed by atoms with Crippen LogP contribution in [-0.4, -0.2) is 23.7 Å². The van der Waals surface area contributed by atoms with Crippen LogP contribution in [0.15, 0.2) is 30.3 Å². The molecule has 1 atom stereocenters. The summed E-state index contributed by atoms with van der Waals surface area (Å²) < 4.78 is 0. The molecule has 2 N–H and O–H groups in total. The summed E-state index contributed by atoms with van der Waals surface area (Å²) in [6, 6.07) is 9.83. The summed E-state index contributed by atoms with van der Waals surface area (Å²) in [5.74, 6) is -0.00717. The molecule has 0 saturated heterocycles. The number of rotatable bonds is 6. The van der Waals surface area contributed by atoms with E-state index in [2.05, 4.69) is 5.32 Å². The monoisotopic (exact) mass is 249 g/mol. The molecule has 0 aromatic heterocycles. The van der Waals surface area contributed by atoms with Gasteiger partial charge in [-0.05, 0) is 18.4 Å². The predicted octanol–water partition coefficient (Wildman–Crippen LogP) is 2.14. The van der Waals surface area contributed by atoms with Gasteiger partial charge in [0.2, 0.25) is 5.91 Å². The Kier molecular flexibility index (Phi) is 5.35. The topological polar surface area (TPSA) is 49.3 Å². The van der Waals surface area contributed by atoms with Crippen molar-refractivity contribution in [2.45, 2.75) is 39.7 Å². The van der Waals surface area contributed by atoms with E-state index in [1.165, 1.54) is 0 Å². The van der Waals surface area contributed by atoms with E-state index in [0.717, 1.165) is 12.0 Å². The zero-order valence-corrected chi connectivity index (χ0v) is 11.4. The van der Waals surface area contributed by atoms with Crippen molar-refractivity contribution in [2.75, 3.05) is 6.61 Å². The van der Waals surface area contributed by atoms with E-state index >= 15 is 0 Å². The average Bonchev–Trinajstić information content (AvgIpc) is 2.36. The van der Waals surface area contributed by atoms with Crippen molar-refractivity contribution in [1.82, 2.24) is 5.32 Å². The minimum atomic E-state index is -0.468. The summed E-state index contributed by atoms with van der Waals surface area (Å²) in [6.07, 6.45) is 1.44. The van der Waals surface area contributed by atoms with E-state index in [4.69, 9.17) is 5.11 Å². The van der Waals surface area contributed by atoms with Crippen LogP contribution in [-0.2, 0) is 11.2 Å². The first kappa shape index (κ1) is 14.7. The van der Waals surface area contributed by atoms with Crippen LogP contribution in [0.5, 0.6) is 0 Å². The molecule has 0 aliphatic carbocycles. The number of aliphatic hydroxyl groups excluding tert-OH is 1. The molecule has 3 heteroatoms. The van der Waals surface area contributed by atoms with Gasteiger partial charge in [-0.25, -0.2) is 0 Å². The SMILES string of the molecule is CCC(CO)NC(=O)C(C)(C)Cc1ccccc1. The Morgan fingerprint density at radius 3 is 2.44 bits per heavy atom. The molecule has 0 spiro atoms. The standard InChI is InChI=1S/C15H23NO2/c1-4-13(11-17)16-14(18)15(2,3)10-12-8-6-5-7-9-12/h5-9,13,17H,4,10-11H2,1-3H3,(H,16,18). The van der Waals surface area contributed by atoms with Crippen LogP contribution >= 0.6 is 0 Å². The molecule has 1 aromatic rings. The van der Waals surface area contributed by atoms with E-state index < -0.39 is 5.41 Å². The molecule has 0 bridgehead atoms. The lowest BCUT2D eigenvalue weighted by Crippen LogP contribution is -2.45. The largest absolute Gasteiger partial charge is 0.394 e. The van der Waals surface area contributed by atoms with Crippen molar-refractivity contribution >= 4 is 5.91 Å². The molecular formula is C15H23NO2. The molecule has 0 fully saturated rings. The Morgan fingerprint density at radius 1 is 1.33 bits per heavy atom. The fraction of sp³-hybridized carbons (Fsp3) is 0.533. The maximum atomic E-state index is 12.2. The first-order valence-electron chi connectivity index (χ1n) is 6.45. The van der Waals surface area contributed by atoms with E-state index in [1.807, 2.05) is 51.1 Å². The van der Waals surface area contributed by atoms with Gasteiger partial charge in [0.15, 0.2) is 0 Å². The molecule has 1 aromatic carbocycles. The second-order valence-corrected chi connectivity index (χ2v) is 5.31. The van der Waals surface area contributed by atoms with Crippen molar-refractivity contribution in [3.63, 3.8) is 0 Å². The fourth-order valence-corrected chi connectivity index (χ4v) is 1.84. The highest BCUT2D eigenvalue weighted by molar-refractivity contribution is 5.82. The van der Waals surface area contributed by atoms with Crippen LogP contribution < -0.4 is 5.32 Å². The number of hydrogen-bond donors (Lipinski definition) is 2. The van der Waals surface area contributed by atoms with Gasteiger partial charge in [0.05, 0.1) is 12.6 Å². The fourth-order valence-electron chi connectivity index (χ4n) is 1.84. The Balaban J connectivity index is 2.65. The normalized spacial score (nSPS) is 13.1. The Bertz CT molecular complexity index is 369. The third-order valence-corrected chi connectivity index (χ3v) is 3.15. The van der Waals surface area contributed by atoms with Crippen molar-refractivity contribution < 1.29 is 9.90 Å². The van der Waals surface area contributed by atoms with Gasteiger partial charge < -0.3 is 10.4 Å². The average molecular weight is 249 g/mol. The Labute approximate surface area is 109 Å². The third kappa shape index (κ3) is 4.15. The molecule has 1 unspecified atom stereocenters. The number of carbonyl (C=O) groups excluding carboxylic acids is 1. The van der Waals surface area contributed by atoms with E-state index in [-0.39, 0.29) is 18.6 Å². The second kappa shape index (κ2) is 6.55. The molecular weight excluding hydrogens is 226 g/mol. The molecule has 3 nitrogen and oxygen atoms in total. The summed E-state index contributed by atoms with van der Waals surface area (Å²) in [4.78, 5) is 12.2. The molecule has 0 heterocycles. The molecule has 0 aliphatic heterocycles. The molecule has 18 heavy (non-hydrogen) atoms. The van der Waals surface area contributed by atoms with Crippen LogP contribution in [0.2, 0.25) is 0 Å². The lowest BCUT2D eigenvalue weighted by Gasteiger charge is -2.26. The first-order chi connectivity index (χ1) is 8.49. The molecule has 100 valence electrons. The van der Waals surface area contributed by atoms with E-state index in [1.54, 1.807) is 0 Å². The number of amides is 1. The number of benzene rings is 1. The Hall–Kier alpha value is -1.35. The molecule has 1 rings (SSSR count). The summed E-state index contributed by atoms with van der Waals surface area (Å²) >= 11 is 0. The highest BCUT2D eigenvalue weighted by Gasteiger charge is 2.29. The smallest absolute Gasteiger partial charge is 0.226 e. The van der Waals surface area contributed by atoms with Crippen molar-refractivity contribution in [2.24, 2.45) is 5.41 Å². The zero-order chi connectivity index (χ0) is 13.6. The number of carbonyl (C=O) groups is 1. The number of hydrogen-bond acceptors (Lipinski definition) is 2. The van der Waals surface area contributed by atoms with Crippen LogP contribution in [0.1, 0.15) is 32.8 Å². The zero-order valence-electron chi connectivity index (χ0n) is 11.4. The minimum absolute atomic E-state index is 0.00717. The number of nitrogens with one attached hydrogen (secondary N) is 1. The van der Waals surface area contributed by atoms with E-state index in [9.17, 15) is 4.79 Å². The van der Waals surface area contributed by atoms with Crippen LogP contribution in [0.25, 0.3) is 0 Å². The highest BCUT2D eigenvalue weighted by Crippen LogP contribution is 2.22. The second-order valence-electron chi connectivity index (χ2n) is 5.31. The van der Waals surface area contributed by atoms with Crippen LogP contribution in [0, 0.1) is 5.41 Å². The van der Waals surface area contributed by atoms with Gasteiger partial charge in [0, 0.05) is 5.41 Å². The third-order valence-electron chi connectivity index (χ3n) is 3.15. The number of aliphatic hydroxyl groups is 1. The van der Waals surface area contributed by atoms with Gasteiger partial charge in [-0.3, -0.25) is 4.79 Å². The lowest BCUT2D eigenvalue weighted by atomic mass is 9.84. The van der Waals surface area contributed by atoms with Crippen LogP contribution in [0.4, 0.5) is 0 Å². The van der Waals surface area contributed by atoms with Crippen molar-refractivity contribution in [1.29, 1.82) is 0 Å². The summed E-state index contributed by atoms with van der Waals surface area (Å²) in [7, 11) is 0. The van der Waals surface area contributed by atoms with Gasteiger partial charge in [-0.2, -0.15) is 0 Å². The molecule has 0 aliphatic rings. The molecule has 1 amide bonds. The van der Waals surface area contributed by atoms with E-state index in [0.29, 0.717) is 6.42 Å². The molecule has 0 saturated carbocycles. The van der Waals surface area contributed by atoms with Crippen molar-refractivity contribution in [3.8, 4) is 0 Å². The highest BCUT2D eigenvalue weighted by atomic mass is 16.3. The quantitative estimate of drug-likeness (QED) is 0.811. The summed E-state index contributed by atoms with van der Waals surface area (Å²) in [5, 5.41) is 12.0. The van der Waals surface area contributed by atoms with Crippen LogP contribution in [0.3, 0.4) is 0 Å². The summed E-state index contributed by atoms with van der Waals surface area (Å²) in [6.45, 7) is 5.80. The maximum Gasteiger partial charge on any atom is 0.226 e. The predicted molar refractivity (Wildman–Crippen MR) is 73.2 cm³/mol. The Morgan fingerprint density at radius 2 is 1.94 bits per heavy atom.